The normalized spacial score (nSPS) is 33.6. The maximum absolute atomic E-state index is 11.6. The van der Waals surface area contributed by atoms with Crippen molar-refractivity contribution in [1.82, 2.24) is 5.32 Å². The van der Waals surface area contributed by atoms with Crippen LogP contribution in [0.15, 0.2) is 11.6 Å². The van der Waals surface area contributed by atoms with Crippen LogP contribution in [0.4, 0.5) is 0 Å². The van der Waals surface area contributed by atoms with E-state index in [4.69, 9.17) is 4.74 Å². The summed E-state index contributed by atoms with van der Waals surface area (Å²) in [6.07, 6.45) is 6.81. The highest BCUT2D eigenvalue weighted by atomic mass is 16.5. The fourth-order valence-corrected chi connectivity index (χ4v) is 2.44. The van der Waals surface area contributed by atoms with Crippen molar-refractivity contribution in [2.45, 2.75) is 57.8 Å². The number of carbonyl (C=O) groups is 1. The van der Waals surface area contributed by atoms with Crippen molar-refractivity contribution >= 4 is 5.91 Å². The SMILES string of the molecule is CC(C)=CC(=O)NC1CCC2CCC1O2. The van der Waals surface area contributed by atoms with Crippen molar-refractivity contribution in [3.8, 4) is 0 Å². The summed E-state index contributed by atoms with van der Waals surface area (Å²) in [4.78, 5) is 11.6. The van der Waals surface area contributed by atoms with Gasteiger partial charge in [0, 0.05) is 6.08 Å². The Hall–Kier alpha value is -0.830. The smallest absolute Gasteiger partial charge is 0.244 e. The molecule has 2 bridgehead atoms. The Balaban J connectivity index is 1.89. The molecule has 2 rings (SSSR count). The molecule has 2 aliphatic heterocycles. The Kier molecular flexibility index (Phi) is 3.10. The molecule has 0 aromatic rings. The molecule has 2 aliphatic rings. The van der Waals surface area contributed by atoms with Crippen LogP contribution in [0.5, 0.6) is 0 Å². The van der Waals surface area contributed by atoms with Gasteiger partial charge in [0.2, 0.25) is 5.91 Å². The first kappa shape index (κ1) is 10.7. The molecule has 0 aromatic carbocycles. The van der Waals surface area contributed by atoms with Gasteiger partial charge in [-0.1, -0.05) is 5.57 Å². The highest BCUT2D eigenvalue weighted by Crippen LogP contribution is 2.32. The van der Waals surface area contributed by atoms with E-state index < -0.39 is 0 Å². The molecule has 0 radical (unpaired) electrons. The van der Waals surface area contributed by atoms with Gasteiger partial charge < -0.3 is 10.1 Å². The molecule has 2 fully saturated rings. The topological polar surface area (TPSA) is 38.3 Å². The van der Waals surface area contributed by atoms with Crippen LogP contribution in [0.25, 0.3) is 0 Å². The third kappa shape index (κ3) is 2.59. The van der Waals surface area contributed by atoms with Crippen LogP contribution in [-0.2, 0) is 9.53 Å². The molecule has 2 heterocycles. The van der Waals surface area contributed by atoms with Gasteiger partial charge in [0.1, 0.15) is 0 Å². The average Bonchev–Trinajstić information content (AvgIpc) is 2.52. The van der Waals surface area contributed by atoms with Crippen molar-refractivity contribution in [1.29, 1.82) is 0 Å². The first-order valence-electron chi connectivity index (χ1n) is 5.76. The van der Waals surface area contributed by atoms with Crippen LogP contribution in [-0.4, -0.2) is 24.2 Å². The predicted octanol–water partition coefficient (Wildman–Crippen LogP) is 1.78. The number of allylic oxidation sites excluding steroid dienone is 1. The van der Waals surface area contributed by atoms with Crippen molar-refractivity contribution in [3.05, 3.63) is 11.6 Å². The fourth-order valence-electron chi connectivity index (χ4n) is 2.44. The van der Waals surface area contributed by atoms with Gasteiger partial charge >= 0.3 is 0 Å². The molecule has 3 nitrogen and oxygen atoms in total. The van der Waals surface area contributed by atoms with Crippen LogP contribution in [0.3, 0.4) is 0 Å². The molecule has 0 spiro atoms. The summed E-state index contributed by atoms with van der Waals surface area (Å²) in [5, 5.41) is 3.04. The number of ether oxygens (including phenoxy) is 1. The molecule has 0 aromatic heterocycles. The average molecular weight is 209 g/mol. The molecular weight excluding hydrogens is 190 g/mol. The number of rotatable bonds is 2. The first-order valence-corrected chi connectivity index (χ1v) is 5.76. The van der Waals surface area contributed by atoms with E-state index in [1.807, 2.05) is 13.8 Å². The van der Waals surface area contributed by atoms with E-state index in [-0.39, 0.29) is 18.1 Å². The molecule has 3 heteroatoms. The Bertz CT molecular complexity index is 281. The molecule has 0 aliphatic carbocycles. The van der Waals surface area contributed by atoms with E-state index in [9.17, 15) is 4.79 Å². The maximum atomic E-state index is 11.6. The summed E-state index contributed by atoms with van der Waals surface area (Å²) in [6, 6.07) is 0.229. The Labute approximate surface area is 90.9 Å². The van der Waals surface area contributed by atoms with Crippen LogP contribution < -0.4 is 5.32 Å². The van der Waals surface area contributed by atoms with Crippen molar-refractivity contribution in [2.24, 2.45) is 0 Å². The second-order valence-electron chi connectivity index (χ2n) is 4.79. The van der Waals surface area contributed by atoms with Gasteiger partial charge in [0.05, 0.1) is 18.2 Å². The maximum Gasteiger partial charge on any atom is 0.244 e. The number of nitrogens with one attached hydrogen (secondary N) is 1. The Morgan fingerprint density at radius 2 is 2.00 bits per heavy atom. The van der Waals surface area contributed by atoms with Gasteiger partial charge in [-0.05, 0) is 39.5 Å². The monoisotopic (exact) mass is 209 g/mol. The van der Waals surface area contributed by atoms with Gasteiger partial charge in [-0.2, -0.15) is 0 Å². The van der Waals surface area contributed by atoms with E-state index in [2.05, 4.69) is 5.32 Å². The minimum absolute atomic E-state index is 0.0222. The van der Waals surface area contributed by atoms with E-state index >= 15 is 0 Å². The molecule has 3 unspecified atom stereocenters. The second-order valence-corrected chi connectivity index (χ2v) is 4.79. The minimum atomic E-state index is 0.0222. The molecule has 3 atom stereocenters. The first-order chi connectivity index (χ1) is 7.15. The van der Waals surface area contributed by atoms with Crippen LogP contribution in [0, 0.1) is 0 Å². The number of fused-ring (bicyclic) bond motifs is 2. The molecule has 1 amide bonds. The van der Waals surface area contributed by atoms with E-state index in [1.54, 1.807) is 6.08 Å². The number of hydrogen-bond donors (Lipinski definition) is 1. The molecule has 2 saturated heterocycles. The molecule has 1 N–H and O–H groups in total. The van der Waals surface area contributed by atoms with E-state index in [1.165, 1.54) is 6.42 Å². The molecular formula is C12H19NO2. The largest absolute Gasteiger partial charge is 0.373 e. The molecule has 84 valence electrons. The summed E-state index contributed by atoms with van der Waals surface area (Å²) in [7, 11) is 0. The lowest BCUT2D eigenvalue weighted by molar-refractivity contribution is -0.119. The standard InChI is InChI=1S/C12H19NO2/c1-8(2)7-12(14)13-10-5-3-9-4-6-11(10)15-9/h7,9-11H,3-6H2,1-2H3,(H,13,14). The second kappa shape index (κ2) is 4.35. The third-order valence-corrected chi connectivity index (χ3v) is 3.14. The van der Waals surface area contributed by atoms with Gasteiger partial charge in [0.15, 0.2) is 0 Å². The van der Waals surface area contributed by atoms with Gasteiger partial charge in [-0.25, -0.2) is 0 Å². The third-order valence-electron chi connectivity index (χ3n) is 3.14. The van der Waals surface area contributed by atoms with Gasteiger partial charge in [-0.15, -0.1) is 0 Å². The van der Waals surface area contributed by atoms with Crippen LogP contribution >= 0.6 is 0 Å². The summed E-state index contributed by atoms with van der Waals surface area (Å²) in [5.74, 6) is 0.0222. The van der Waals surface area contributed by atoms with Crippen molar-refractivity contribution in [2.75, 3.05) is 0 Å². The molecule has 15 heavy (non-hydrogen) atoms. The number of amides is 1. The summed E-state index contributed by atoms with van der Waals surface area (Å²) in [6.45, 7) is 3.87. The lowest BCUT2D eigenvalue weighted by Gasteiger charge is -2.29. The number of carbonyl (C=O) groups excluding carboxylic acids is 1. The highest BCUT2D eigenvalue weighted by molar-refractivity contribution is 5.88. The molecule has 0 saturated carbocycles. The quantitative estimate of drug-likeness (QED) is 0.704. The Morgan fingerprint density at radius 3 is 2.73 bits per heavy atom. The van der Waals surface area contributed by atoms with Crippen LogP contribution in [0.2, 0.25) is 0 Å². The van der Waals surface area contributed by atoms with Crippen molar-refractivity contribution in [3.63, 3.8) is 0 Å². The lowest BCUT2D eigenvalue weighted by Crippen LogP contribution is -2.45. The fraction of sp³-hybridized carbons (Fsp3) is 0.750. The highest BCUT2D eigenvalue weighted by Gasteiger charge is 2.36. The van der Waals surface area contributed by atoms with E-state index in [0.29, 0.717) is 6.10 Å². The number of hydrogen-bond acceptors (Lipinski definition) is 2. The minimum Gasteiger partial charge on any atom is -0.373 e. The summed E-state index contributed by atoms with van der Waals surface area (Å²) >= 11 is 0. The summed E-state index contributed by atoms with van der Waals surface area (Å²) in [5.41, 5.74) is 1.04. The zero-order valence-corrected chi connectivity index (χ0v) is 9.45. The van der Waals surface area contributed by atoms with Crippen LogP contribution in [0.1, 0.15) is 39.5 Å². The zero-order chi connectivity index (χ0) is 10.8. The van der Waals surface area contributed by atoms with Gasteiger partial charge in [-0.3, -0.25) is 4.79 Å². The van der Waals surface area contributed by atoms with Gasteiger partial charge in [0.25, 0.3) is 0 Å². The zero-order valence-electron chi connectivity index (χ0n) is 9.45. The van der Waals surface area contributed by atoms with E-state index in [0.717, 1.165) is 24.8 Å². The Morgan fingerprint density at radius 1 is 1.27 bits per heavy atom. The lowest BCUT2D eigenvalue weighted by atomic mass is 10.0. The summed E-state index contributed by atoms with van der Waals surface area (Å²) < 4.78 is 5.78. The predicted molar refractivity (Wildman–Crippen MR) is 58.5 cm³/mol. The van der Waals surface area contributed by atoms with Crippen molar-refractivity contribution < 1.29 is 9.53 Å².